The van der Waals surface area contributed by atoms with Crippen LogP contribution in [0.2, 0.25) is 0 Å². The summed E-state index contributed by atoms with van der Waals surface area (Å²) in [7, 11) is 0. The Kier molecular flexibility index (Phi) is 6.25. The first kappa shape index (κ1) is 19.6. The zero-order valence-corrected chi connectivity index (χ0v) is 16.8. The fourth-order valence-corrected chi connectivity index (χ4v) is 4.37. The van der Waals surface area contributed by atoms with Crippen molar-refractivity contribution in [3.8, 4) is 0 Å². The van der Waals surface area contributed by atoms with Gasteiger partial charge in [0.1, 0.15) is 0 Å². The molecule has 5 heteroatoms. The van der Waals surface area contributed by atoms with E-state index in [1.54, 1.807) is 4.90 Å². The fraction of sp³-hybridized carbons (Fsp3) is 0.417. The molecule has 1 unspecified atom stereocenters. The molecule has 0 saturated carbocycles. The maximum atomic E-state index is 12.8. The summed E-state index contributed by atoms with van der Waals surface area (Å²) in [6.45, 7) is 3.55. The normalized spacial score (nSPS) is 18.2. The molecule has 2 aliphatic rings. The van der Waals surface area contributed by atoms with Crippen LogP contribution in [-0.4, -0.2) is 48.9 Å². The molecule has 152 valence electrons. The first-order valence-electron chi connectivity index (χ1n) is 10.7. The molecule has 0 aromatic heterocycles. The van der Waals surface area contributed by atoms with Gasteiger partial charge in [0.25, 0.3) is 5.91 Å². The van der Waals surface area contributed by atoms with Gasteiger partial charge in [-0.1, -0.05) is 36.4 Å². The predicted octanol–water partition coefficient (Wildman–Crippen LogP) is 3.25. The van der Waals surface area contributed by atoms with Gasteiger partial charge in [-0.2, -0.15) is 0 Å². The number of hydrogen-bond donors (Lipinski definition) is 1. The maximum Gasteiger partial charge on any atom is 0.251 e. The molecule has 1 atom stereocenters. The molecule has 29 heavy (non-hydrogen) atoms. The molecule has 0 spiro atoms. The van der Waals surface area contributed by atoms with Gasteiger partial charge < -0.3 is 10.2 Å². The molecule has 2 saturated heterocycles. The summed E-state index contributed by atoms with van der Waals surface area (Å²) in [4.78, 5) is 29.1. The van der Waals surface area contributed by atoms with Crippen molar-refractivity contribution in [1.82, 2.24) is 10.2 Å². The van der Waals surface area contributed by atoms with Crippen molar-refractivity contribution in [3.05, 3.63) is 65.7 Å². The summed E-state index contributed by atoms with van der Waals surface area (Å²) in [5.74, 6) is 0.0651. The van der Waals surface area contributed by atoms with Crippen LogP contribution in [0.3, 0.4) is 0 Å². The highest BCUT2D eigenvalue weighted by Gasteiger charge is 2.24. The lowest BCUT2D eigenvalue weighted by atomic mass is 10.0. The number of anilines is 1. The SMILES string of the molecule is O=C(NCC(Cc1ccccc1)N1CCCC1)c1cccc(N2CCCC2=O)c1. The van der Waals surface area contributed by atoms with Gasteiger partial charge in [-0.15, -0.1) is 0 Å². The van der Waals surface area contributed by atoms with Crippen molar-refractivity contribution >= 4 is 17.5 Å². The third kappa shape index (κ3) is 4.85. The number of carbonyl (C=O) groups is 2. The molecule has 1 N–H and O–H groups in total. The van der Waals surface area contributed by atoms with Gasteiger partial charge in [0.15, 0.2) is 0 Å². The van der Waals surface area contributed by atoms with E-state index in [1.807, 2.05) is 30.3 Å². The van der Waals surface area contributed by atoms with E-state index < -0.39 is 0 Å². The topological polar surface area (TPSA) is 52.7 Å². The van der Waals surface area contributed by atoms with Crippen LogP contribution < -0.4 is 10.2 Å². The lowest BCUT2D eigenvalue weighted by molar-refractivity contribution is -0.117. The number of hydrogen-bond acceptors (Lipinski definition) is 3. The third-order valence-corrected chi connectivity index (χ3v) is 5.96. The van der Waals surface area contributed by atoms with Crippen LogP contribution in [0.5, 0.6) is 0 Å². The second-order valence-electron chi connectivity index (χ2n) is 8.00. The Bertz CT molecular complexity index is 846. The number of benzene rings is 2. The summed E-state index contributed by atoms with van der Waals surface area (Å²) >= 11 is 0. The Balaban J connectivity index is 1.41. The van der Waals surface area contributed by atoms with Crippen LogP contribution in [0, 0.1) is 0 Å². The Hall–Kier alpha value is -2.66. The molecule has 4 rings (SSSR count). The number of nitrogens with zero attached hydrogens (tertiary/aromatic N) is 2. The highest BCUT2D eigenvalue weighted by Crippen LogP contribution is 2.22. The Morgan fingerprint density at radius 1 is 0.966 bits per heavy atom. The molecule has 2 heterocycles. The summed E-state index contributed by atoms with van der Waals surface area (Å²) in [5.41, 5.74) is 2.73. The second kappa shape index (κ2) is 9.23. The first-order chi connectivity index (χ1) is 14.2. The predicted molar refractivity (Wildman–Crippen MR) is 115 cm³/mol. The number of carbonyl (C=O) groups excluding carboxylic acids is 2. The molecule has 2 aromatic carbocycles. The number of rotatable bonds is 7. The Labute approximate surface area is 172 Å². The van der Waals surface area contributed by atoms with E-state index >= 15 is 0 Å². The minimum atomic E-state index is -0.0734. The van der Waals surface area contributed by atoms with Crippen LogP contribution >= 0.6 is 0 Å². The molecule has 2 aromatic rings. The van der Waals surface area contributed by atoms with Crippen molar-refractivity contribution in [3.63, 3.8) is 0 Å². The van der Waals surface area contributed by atoms with Crippen molar-refractivity contribution in [2.75, 3.05) is 31.1 Å². The third-order valence-electron chi connectivity index (χ3n) is 5.96. The lowest BCUT2D eigenvalue weighted by Gasteiger charge is -2.28. The molecule has 5 nitrogen and oxygen atoms in total. The summed E-state index contributed by atoms with van der Waals surface area (Å²) in [6, 6.07) is 18.2. The van der Waals surface area contributed by atoms with Crippen molar-refractivity contribution in [1.29, 1.82) is 0 Å². The standard InChI is InChI=1S/C24H29N3O2/c28-23-12-7-15-27(23)21-11-6-10-20(17-21)24(29)25-18-22(26-13-4-5-14-26)16-19-8-2-1-3-9-19/h1-3,6,8-11,17,22H,4-5,7,12-16,18H2,(H,25,29). The van der Waals surface area contributed by atoms with E-state index in [1.165, 1.54) is 18.4 Å². The van der Waals surface area contributed by atoms with Crippen LogP contribution in [0.4, 0.5) is 5.69 Å². The Morgan fingerprint density at radius 2 is 1.76 bits per heavy atom. The second-order valence-corrected chi connectivity index (χ2v) is 8.00. The van der Waals surface area contributed by atoms with Gasteiger partial charge in [-0.05, 0) is 62.5 Å². The molecule has 2 aliphatic heterocycles. The highest BCUT2D eigenvalue weighted by molar-refractivity contribution is 5.99. The van der Waals surface area contributed by atoms with E-state index in [0.717, 1.165) is 38.2 Å². The van der Waals surface area contributed by atoms with Crippen LogP contribution in [-0.2, 0) is 11.2 Å². The van der Waals surface area contributed by atoms with E-state index in [-0.39, 0.29) is 11.8 Å². The monoisotopic (exact) mass is 391 g/mol. The quantitative estimate of drug-likeness (QED) is 0.788. The average molecular weight is 392 g/mol. The molecule has 0 radical (unpaired) electrons. The highest BCUT2D eigenvalue weighted by atomic mass is 16.2. The molecular weight excluding hydrogens is 362 g/mol. The zero-order valence-electron chi connectivity index (χ0n) is 16.8. The van der Waals surface area contributed by atoms with E-state index in [4.69, 9.17) is 0 Å². The van der Waals surface area contributed by atoms with Crippen molar-refractivity contribution in [2.45, 2.75) is 38.1 Å². The van der Waals surface area contributed by atoms with Crippen molar-refractivity contribution in [2.24, 2.45) is 0 Å². The van der Waals surface area contributed by atoms with Gasteiger partial charge in [-0.25, -0.2) is 0 Å². The summed E-state index contributed by atoms with van der Waals surface area (Å²) in [6.07, 6.45) is 4.86. The smallest absolute Gasteiger partial charge is 0.251 e. The molecular formula is C24H29N3O2. The van der Waals surface area contributed by atoms with E-state index in [9.17, 15) is 9.59 Å². The Morgan fingerprint density at radius 3 is 2.48 bits per heavy atom. The zero-order chi connectivity index (χ0) is 20.1. The fourth-order valence-electron chi connectivity index (χ4n) is 4.37. The largest absolute Gasteiger partial charge is 0.350 e. The average Bonchev–Trinajstić information content (AvgIpc) is 3.43. The van der Waals surface area contributed by atoms with Gasteiger partial charge in [0.2, 0.25) is 5.91 Å². The first-order valence-corrected chi connectivity index (χ1v) is 10.7. The number of nitrogens with one attached hydrogen (secondary N) is 1. The van der Waals surface area contributed by atoms with Crippen LogP contribution in [0.1, 0.15) is 41.6 Å². The molecule has 0 aliphatic carbocycles. The molecule has 2 fully saturated rings. The van der Waals surface area contributed by atoms with E-state index in [0.29, 0.717) is 24.6 Å². The van der Waals surface area contributed by atoms with Crippen LogP contribution in [0.25, 0.3) is 0 Å². The molecule has 0 bridgehead atoms. The maximum absolute atomic E-state index is 12.8. The summed E-state index contributed by atoms with van der Waals surface area (Å²) < 4.78 is 0. The number of amides is 2. The molecule has 2 amide bonds. The minimum absolute atomic E-state index is 0.0734. The van der Waals surface area contributed by atoms with Crippen LogP contribution in [0.15, 0.2) is 54.6 Å². The van der Waals surface area contributed by atoms with Crippen molar-refractivity contribution < 1.29 is 9.59 Å². The van der Waals surface area contributed by atoms with Gasteiger partial charge in [0, 0.05) is 36.8 Å². The number of likely N-dealkylation sites (tertiary alicyclic amines) is 1. The van der Waals surface area contributed by atoms with Gasteiger partial charge >= 0.3 is 0 Å². The van der Waals surface area contributed by atoms with E-state index in [2.05, 4.69) is 34.5 Å². The van der Waals surface area contributed by atoms with Gasteiger partial charge in [-0.3, -0.25) is 14.5 Å². The minimum Gasteiger partial charge on any atom is -0.350 e. The summed E-state index contributed by atoms with van der Waals surface area (Å²) in [5, 5.41) is 3.14. The lowest BCUT2D eigenvalue weighted by Crippen LogP contribution is -2.44. The van der Waals surface area contributed by atoms with Gasteiger partial charge in [0.05, 0.1) is 0 Å².